The summed E-state index contributed by atoms with van der Waals surface area (Å²) in [7, 11) is 1.53. The van der Waals surface area contributed by atoms with Gasteiger partial charge in [-0.2, -0.15) is 0 Å². The molecule has 0 bridgehead atoms. The summed E-state index contributed by atoms with van der Waals surface area (Å²) in [6, 6.07) is -0.877. The van der Waals surface area contributed by atoms with Crippen LogP contribution in [0.5, 0.6) is 0 Å². The molecule has 0 saturated carbocycles. The smallest absolute Gasteiger partial charge is 0.387 e. The van der Waals surface area contributed by atoms with Crippen molar-refractivity contribution in [1.82, 2.24) is 5.32 Å². The Balaban J connectivity index is 4.37. The number of hydrogen-bond acceptors (Lipinski definition) is 5. The Morgan fingerprint density at radius 2 is 0.938 bits per heavy atom. The maximum Gasteiger partial charge on any atom is 0.472 e. The van der Waals surface area contributed by atoms with E-state index in [0.717, 1.165) is 77.0 Å². The van der Waals surface area contributed by atoms with E-state index in [9.17, 15) is 19.4 Å². The fourth-order valence-electron chi connectivity index (χ4n) is 7.18. The molecule has 1 amide bonds. The SMILES string of the molecule is CC/C=C\C/C=C\C/C=C\C/C=C\CCCCCCCCCCCCC(=O)NC(COP(=O)(O)OCC[N+](C)(C)C)C(O)/C=C/CC/C=C/CC/C=C/CCCCCCCCCCCC. The van der Waals surface area contributed by atoms with Crippen LogP contribution in [-0.2, 0) is 18.4 Å². The molecule has 0 spiro atoms. The Morgan fingerprint density at radius 3 is 1.42 bits per heavy atom. The summed E-state index contributed by atoms with van der Waals surface area (Å²) in [5, 5.41) is 13.9. The highest BCUT2D eigenvalue weighted by atomic mass is 31.2. The number of aliphatic hydroxyl groups is 1. The third-order valence-corrected chi connectivity index (χ3v) is 12.3. The molecule has 8 nitrogen and oxygen atoms in total. The van der Waals surface area contributed by atoms with E-state index in [0.29, 0.717) is 17.4 Å². The van der Waals surface area contributed by atoms with Crippen molar-refractivity contribution in [1.29, 1.82) is 0 Å². The van der Waals surface area contributed by atoms with E-state index >= 15 is 0 Å². The predicted molar refractivity (Wildman–Crippen MR) is 281 cm³/mol. The van der Waals surface area contributed by atoms with Crippen LogP contribution in [-0.4, -0.2) is 73.4 Å². The molecule has 0 aliphatic rings. The van der Waals surface area contributed by atoms with Crippen molar-refractivity contribution in [2.24, 2.45) is 0 Å². The van der Waals surface area contributed by atoms with Gasteiger partial charge in [-0.3, -0.25) is 13.8 Å². The van der Waals surface area contributed by atoms with E-state index in [4.69, 9.17) is 9.05 Å². The van der Waals surface area contributed by atoms with Crippen LogP contribution in [0.2, 0.25) is 0 Å². The molecule has 376 valence electrons. The number of phosphoric acid groups is 1. The van der Waals surface area contributed by atoms with Gasteiger partial charge in [0, 0.05) is 6.42 Å². The van der Waals surface area contributed by atoms with Crippen LogP contribution < -0.4 is 5.32 Å². The molecule has 0 aliphatic heterocycles. The quantitative estimate of drug-likeness (QED) is 0.0243. The molecule has 3 N–H and O–H groups in total. The van der Waals surface area contributed by atoms with E-state index in [2.05, 4.69) is 92.1 Å². The summed E-state index contributed by atoms with van der Waals surface area (Å²) in [5.74, 6) is -0.199. The Kier molecular flexibility index (Phi) is 45.1. The maximum absolute atomic E-state index is 12.9. The fourth-order valence-corrected chi connectivity index (χ4v) is 7.92. The minimum Gasteiger partial charge on any atom is -0.387 e. The highest BCUT2D eigenvalue weighted by Crippen LogP contribution is 2.43. The minimum atomic E-state index is -4.36. The number of hydrogen-bond donors (Lipinski definition) is 3. The number of rotatable bonds is 47. The van der Waals surface area contributed by atoms with Crippen molar-refractivity contribution in [2.45, 2.75) is 225 Å². The topological polar surface area (TPSA) is 105 Å². The molecule has 0 aliphatic carbocycles. The van der Waals surface area contributed by atoms with Crippen LogP contribution in [0.3, 0.4) is 0 Å². The first-order valence-electron chi connectivity index (χ1n) is 26.5. The van der Waals surface area contributed by atoms with Gasteiger partial charge in [0.25, 0.3) is 0 Å². The number of likely N-dealkylation sites (N-methyl/N-ethyl adjacent to an activating group) is 1. The van der Waals surface area contributed by atoms with Crippen LogP contribution in [0, 0.1) is 0 Å². The van der Waals surface area contributed by atoms with Crippen LogP contribution in [0.25, 0.3) is 0 Å². The van der Waals surface area contributed by atoms with Gasteiger partial charge < -0.3 is 19.8 Å². The number of carbonyl (C=O) groups is 1. The number of nitrogens with zero attached hydrogens (tertiary/aromatic N) is 1. The van der Waals surface area contributed by atoms with E-state index in [1.807, 2.05) is 27.2 Å². The summed E-state index contributed by atoms with van der Waals surface area (Å²) in [4.78, 5) is 23.2. The van der Waals surface area contributed by atoms with E-state index in [1.54, 1.807) is 6.08 Å². The van der Waals surface area contributed by atoms with Gasteiger partial charge in [0.1, 0.15) is 13.2 Å². The summed E-state index contributed by atoms with van der Waals surface area (Å²) in [6.07, 6.45) is 65.3. The molecular formula is C56H102N2O6P+. The molecule has 0 aromatic heterocycles. The molecule has 0 aromatic rings. The van der Waals surface area contributed by atoms with Gasteiger partial charge in [0.15, 0.2) is 0 Å². The zero-order valence-corrected chi connectivity index (χ0v) is 43.6. The first-order chi connectivity index (χ1) is 31.5. The Hall–Kier alpha value is -2.32. The van der Waals surface area contributed by atoms with Gasteiger partial charge >= 0.3 is 7.82 Å². The largest absolute Gasteiger partial charge is 0.472 e. The zero-order valence-electron chi connectivity index (χ0n) is 42.7. The maximum atomic E-state index is 12.9. The van der Waals surface area contributed by atoms with Gasteiger partial charge in [-0.25, -0.2) is 4.57 Å². The monoisotopic (exact) mass is 930 g/mol. The zero-order chi connectivity index (χ0) is 47.8. The average molecular weight is 930 g/mol. The fraction of sp³-hybridized carbons (Fsp3) is 0.732. The second-order valence-electron chi connectivity index (χ2n) is 18.8. The number of quaternary nitrogens is 1. The molecule has 0 aromatic carbocycles. The number of phosphoric ester groups is 1. The van der Waals surface area contributed by atoms with Crippen molar-refractivity contribution in [2.75, 3.05) is 40.9 Å². The molecule has 0 heterocycles. The molecule has 9 heteroatoms. The molecule has 0 radical (unpaired) electrons. The number of unbranched alkanes of at least 4 members (excludes halogenated alkanes) is 22. The second-order valence-corrected chi connectivity index (χ2v) is 20.3. The predicted octanol–water partition coefficient (Wildman–Crippen LogP) is 15.7. The number of carbonyl (C=O) groups excluding carboxylic acids is 1. The van der Waals surface area contributed by atoms with Gasteiger partial charge in [-0.15, -0.1) is 0 Å². The minimum absolute atomic E-state index is 0.0488. The van der Waals surface area contributed by atoms with Gasteiger partial charge in [-0.1, -0.05) is 208 Å². The van der Waals surface area contributed by atoms with E-state index in [-0.39, 0.29) is 19.1 Å². The Bertz CT molecular complexity index is 1330. The molecule has 0 saturated heterocycles. The molecule has 0 fully saturated rings. The summed E-state index contributed by atoms with van der Waals surface area (Å²) < 4.78 is 23.6. The van der Waals surface area contributed by atoms with Gasteiger partial charge in [0.05, 0.1) is 39.9 Å². The Labute approximate surface area is 401 Å². The third-order valence-electron chi connectivity index (χ3n) is 11.3. The molecular weight excluding hydrogens is 828 g/mol. The highest BCUT2D eigenvalue weighted by Gasteiger charge is 2.27. The molecule has 3 atom stereocenters. The van der Waals surface area contributed by atoms with Crippen LogP contribution >= 0.6 is 7.82 Å². The van der Waals surface area contributed by atoms with Gasteiger partial charge in [0.2, 0.25) is 5.91 Å². The molecule has 65 heavy (non-hydrogen) atoms. The number of amides is 1. The standard InChI is InChI=1S/C56H101N2O6P/c1-6-8-10-12-14-16-18-20-22-24-26-28-29-30-32-34-36-38-40-42-44-46-48-50-56(60)57-54(53-64-65(61,62)63-52-51-58(3,4)5)55(59)49-47-45-43-41-39-37-35-33-31-27-25-23-21-19-17-15-13-11-9-7-2/h8,10,14,16,20,22,26,28,31,33,39,41,47,49,54-55,59H,6-7,9,11-13,15,17-19,21,23-25,27,29-30,32,34-38,40,42-46,48,50-53H2,1-5H3,(H-,57,60,61,62)/p+1/b10-8-,16-14-,22-20-,28-26-,33-31+,41-39+,49-47+. The van der Waals surface area contributed by atoms with Crippen molar-refractivity contribution in [3.8, 4) is 0 Å². The second kappa shape index (κ2) is 46.8. The van der Waals surface area contributed by atoms with Crippen molar-refractivity contribution < 1.29 is 32.9 Å². The summed E-state index contributed by atoms with van der Waals surface area (Å²) in [5.41, 5.74) is 0. The van der Waals surface area contributed by atoms with Gasteiger partial charge in [-0.05, 0) is 83.5 Å². The molecule has 0 rings (SSSR count). The van der Waals surface area contributed by atoms with Crippen molar-refractivity contribution in [3.63, 3.8) is 0 Å². The number of allylic oxidation sites excluding steroid dienone is 13. The first-order valence-corrected chi connectivity index (χ1v) is 28.0. The average Bonchev–Trinajstić information content (AvgIpc) is 3.26. The van der Waals surface area contributed by atoms with E-state index < -0.39 is 20.0 Å². The normalized spacial score (nSPS) is 14.8. The van der Waals surface area contributed by atoms with Crippen LogP contribution in [0.4, 0.5) is 0 Å². The lowest BCUT2D eigenvalue weighted by atomic mass is 10.0. The first kappa shape index (κ1) is 62.7. The summed E-state index contributed by atoms with van der Waals surface area (Å²) in [6.45, 7) is 4.67. The lowest BCUT2D eigenvalue weighted by Crippen LogP contribution is -2.45. The van der Waals surface area contributed by atoms with Crippen LogP contribution in [0.15, 0.2) is 85.1 Å². The van der Waals surface area contributed by atoms with Crippen molar-refractivity contribution >= 4 is 13.7 Å². The molecule has 3 unspecified atom stereocenters. The lowest BCUT2D eigenvalue weighted by Gasteiger charge is -2.25. The highest BCUT2D eigenvalue weighted by molar-refractivity contribution is 7.47. The van der Waals surface area contributed by atoms with Crippen molar-refractivity contribution in [3.05, 3.63) is 85.1 Å². The lowest BCUT2D eigenvalue weighted by molar-refractivity contribution is -0.870. The number of aliphatic hydroxyl groups excluding tert-OH is 1. The Morgan fingerprint density at radius 1 is 0.538 bits per heavy atom. The van der Waals surface area contributed by atoms with Crippen LogP contribution in [0.1, 0.15) is 213 Å². The summed E-state index contributed by atoms with van der Waals surface area (Å²) >= 11 is 0. The van der Waals surface area contributed by atoms with E-state index in [1.165, 1.54) is 116 Å². The number of nitrogens with one attached hydrogen (secondary N) is 1. The third kappa shape index (κ3) is 49.4.